The Morgan fingerprint density at radius 2 is 1.82 bits per heavy atom. The molecule has 0 saturated carbocycles. The predicted octanol–water partition coefficient (Wildman–Crippen LogP) is 6.01. The van der Waals surface area contributed by atoms with Crippen LogP contribution < -0.4 is 14.8 Å². The standard InChI is InChI=1S/C29H29F4N3O3/c1-19(36-27(37)28(2,3)39-26-17-23(11-13-35-26)29(31,32)33)25(22-6-4-5-21(15-22)18-34)16-20-7-9-24(10-8-20)38-14-12-30/h4-11,13,15,17,19,25H,12,14,16H2,1-3H3,(H,36,37)/t19-,25+/m0/s1. The lowest BCUT2D eigenvalue weighted by molar-refractivity contribution is -0.138. The van der Waals surface area contributed by atoms with E-state index in [0.717, 1.165) is 29.5 Å². The van der Waals surface area contributed by atoms with E-state index in [2.05, 4.69) is 16.4 Å². The maximum atomic E-state index is 13.2. The summed E-state index contributed by atoms with van der Waals surface area (Å²) in [6, 6.07) is 17.4. The molecule has 1 amide bonds. The van der Waals surface area contributed by atoms with Crippen molar-refractivity contribution in [2.75, 3.05) is 13.3 Å². The van der Waals surface area contributed by atoms with Gasteiger partial charge in [0.05, 0.1) is 17.2 Å². The third-order valence-electron chi connectivity index (χ3n) is 6.10. The van der Waals surface area contributed by atoms with Gasteiger partial charge in [-0.1, -0.05) is 24.3 Å². The Bertz CT molecular complexity index is 1300. The Labute approximate surface area is 224 Å². The van der Waals surface area contributed by atoms with Gasteiger partial charge in [-0.2, -0.15) is 18.4 Å². The Morgan fingerprint density at radius 1 is 1.10 bits per heavy atom. The molecule has 39 heavy (non-hydrogen) atoms. The monoisotopic (exact) mass is 543 g/mol. The topological polar surface area (TPSA) is 84.2 Å². The third-order valence-corrected chi connectivity index (χ3v) is 6.10. The number of aromatic nitrogens is 1. The van der Waals surface area contributed by atoms with Crippen molar-refractivity contribution in [3.8, 4) is 17.7 Å². The number of amides is 1. The van der Waals surface area contributed by atoms with Crippen LogP contribution in [0.15, 0.2) is 66.9 Å². The van der Waals surface area contributed by atoms with Crippen molar-refractivity contribution in [1.29, 1.82) is 5.26 Å². The first-order chi connectivity index (χ1) is 18.4. The molecule has 3 aromatic rings. The maximum absolute atomic E-state index is 13.2. The zero-order valence-electron chi connectivity index (χ0n) is 21.8. The largest absolute Gasteiger partial charge is 0.491 e. The molecule has 2 aromatic carbocycles. The molecule has 6 nitrogen and oxygen atoms in total. The van der Waals surface area contributed by atoms with Crippen molar-refractivity contribution in [2.45, 2.75) is 50.9 Å². The lowest BCUT2D eigenvalue weighted by Crippen LogP contribution is -2.51. The van der Waals surface area contributed by atoms with Gasteiger partial charge in [0.2, 0.25) is 5.88 Å². The van der Waals surface area contributed by atoms with Crippen LogP contribution in [0, 0.1) is 11.3 Å². The quantitative estimate of drug-likeness (QED) is 0.300. The minimum absolute atomic E-state index is 0.0418. The molecule has 1 N–H and O–H groups in total. The molecule has 0 spiro atoms. The maximum Gasteiger partial charge on any atom is 0.416 e. The fraction of sp³-hybridized carbons (Fsp3) is 0.345. The average Bonchev–Trinajstić information content (AvgIpc) is 2.90. The molecule has 0 aliphatic carbocycles. The summed E-state index contributed by atoms with van der Waals surface area (Å²) in [6.07, 6.45) is -3.12. The van der Waals surface area contributed by atoms with E-state index in [4.69, 9.17) is 9.47 Å². The molecule has 10 heteroatoms. The van der Waals surface area contributed by atoms with Crippen molar-refractivity contribution >= 4 is 5.91 Å². The fourth-order valence-electron chi connectivity index (χ4n) is 3.98. The molecule has 1 heterocycles. The number of ether oxygens (including phenoxy) is 2. The number of hydrogen-bond donors (Lipinski definition) is 1. The zero-order valence-corrected chi connectivity index (χ0v) is 21.8. The number of benzene rings is 2. The normalized spacial score (nSPS) is 13.2. The van der Waals surface area contributed by atoms with Gasteiger partial charge in [-0.25, -0.2) is 9.37 Å². The van der Waals surface area contributed by atoms with Crippen LogP contribution in [-0.2, 0) is 17.4 Å². The summed E-state index contributed by atoms with van der Waals surface area (Å²) in [5.74, 6) is -0.623. The van der Waals surface area contributed by atoms with Crippen molar-refractivity contribution in [3.63, 3.8) is 0 Å². The first kappa shape index (κ1) is 29.4. The summed E-state index contributed by atoms with van der Waals surface area (Å²) in [6.45, 7) is 4.05. The van der Waals surface area contributed by atoms with Gasteiger partial charge in [-0.15, -0.1) is 0 Å². The van der Waals surface area contributed by atoms with Crippen LogP contribution >= 0.6 is 0 Å². The van der Waals surface area contributed by atoms with Crippen molar-refractivity contribution in [2.24, 2.45) is 0 Å². The minimum Gasteiger partial charge on any atom is -0.491 e. The highest BCUT2D eigenvalue weighted by molar-refractivity contribution is 5.85. The fourth-order valence-corrected chi connectivity index (χ4v) is 3.98. The number of nitrogens with one attached hydrogen (secondary N) is 1. The third kappa shape index (κ3) is 8.18. The molecule has 3 rings (SSSR count). The highest BCUT2D eigenvalue weighted by Gasteiger charge is 2.35. The van der Waals surface area contributed by atoms with Gasteiger partial charge in [0.15, 0.2) is 5.60 Å². The Morgan fingerprint density at radius 3 is 2.46 bits per heavy atom. The SMILES string of the molecule is C[C@H](NC(=O)C(C)(C)Oc1cc(C(F)(F)F)ccn1)[C@@H](Cc1ccc(OCCF)cc1)c1cccc(C#N)c1. The molecule has 0 aliphatic rings. The van der Waals surface area contributed by atoms with Crippen LogP contribution in [0.4, 0.5) is 17.6 Å². The molecule has 0 radical (unpaired) electrons. The summed E-state index contributed by atoms with van der Waals surface area (Å²) in [7, 11) is 0. The molecule has 2 atom stereocenters. The molecule has 0 aliphatic heterocycles. The second kappa shape index (κ2) is 12.6. The van der Waals surface area contributed by atoms with Crippen molar-refractivity contribution in [3.05, 3.63) is 89.1 Å². The number of carbonyl (C=O) groups excluding carboxylic acids is 1. The number of rotatable bonds is 11. The van der Waals surface area contributed by atoms with Gasteiger partial charge < -0.3 is 14.8 Å². The average molecular weight is 544 g/mol. The summed E-state index contributed by atoms with van der Waals surface area (Å²) >= 11 is 0. The highest BCUT2D eigenvalue weighted by atomic mass is 19.4. The first-order valence-corrected chi connectivity index (χ1v) is 12.2. The van der Waals surface area contributed by atoms with Gasteiger partial charge >= 0.3 is 6.18 Å². The molecular formula is C29H29F4N3O3. The zero-order chi connectivity index (χ0) is 28.6. The Hall–Kier alpha value is -4.13. The van der Waals surface area contributed by atoms with E-state index in [9.17, 15) is 27.6 Å². The lowest BCUT2D eigenvalue weighted by Gasteiger charge is -2.31. The number of hydrogen-bond acceptors (Lipinski definition) is 5. The van der Waals surface area contributed by atoms with E-state index in [1.165, 1.54) is 13.8 Å². The molecule has 0 saturated heterocycles. The smallest absolute Gasteiger partial charge is 0.416 e. The Balaban J connectivity index is 1.80. The van der Waals surface area contributed by atoms with Gasteiger partial charge in [-0.3, -0.25) is 4.79 Å². The van der Waals surface area contributed by atoms with Crippen LogP contribution in [0.25, 0.3) is 0 Å². The highest BCUT2D eigenvalue weighted by Crippen LogP contribution is 2.32. The van der Waals surface area contributed by atoms with E-state index < -0.39 is 36.0 Å². The van der Waals surface area contributed by atoms with Crippen LogP contribution in [0.5, 0.6) is 11.6 Å². The molecule has 0 fully saturated rings. The molecule has 0 bridgehead atoms. The molecule has 0 unspecified atom stereocenters. The minimum atomic E-state index is -4.58. The van der Waals surface area contributed by atoms with Crippen LogP contribution in [0.3, 0.4) is 0 Å². The number of alkyl halides is 4. The van der Waals surface area contributed by atoms with Gasteiger partial charge in [0, 0.05) is 24.2 Å². The summed E-state index contributed by atoms with van der Waals surface area (Å²) in [5, 5.41) is 12.3. The summed E-state index contributed by atoms with van der Waals surface area (Å²) in [4.78, 5) is 17.1. The summed E-state index contributed by atoms with van der Waals surface area (Å²) < 4.78 is 62.5. The predicted molar refractivity (Wildman–Crippen MR) is 137 cm³/mol. The van der Waals surface area contributed by atoms with E-state index >= 15 is 0 Å². The van der Waals surface area contributed by atoms with Crippen LogP contribution in [0.2, 0.25) is 0 Å². The first-order valence-electron chi connectivity index (χ1n) is 12.2. The molecule has 206 valence electrons. The molecular weight excluding hydrogens is 514 g/mol. The van der Waals surface area contributed by atoms with E-state index in [1.54, 1.807) is 37.3 Å². The number of halogens is 4. The second-order valence-electron chi connectivity index (χ2n) is 9.48. The lowest BCUT2D eigenvalue weighted by atomic mass is 9.85. The number of nitrogens with zero attached hydrogens (tertiary/aromatic N) is 2. The molecule has 1 aromatic heterocycles. The van der Waals surface area contributed by atoms with Crippen LogP contribution in [-0.4, -0.2) is 35.8 Å². The van der Waals surface area contributed by atoms with Gasteiger partial charge in [-0.05, 0) is 68.7 Å². The second-order valence-corrected chi connectivity index (χ2v) is 9.48. The van der Waals surface area contributed by atoms with Gasteiger partial charge in [0.25, 0.3) is 5.91 Å². The number of carbonyl (C=O) groups is 1. The van der Waals surface area contributed by atoms with Crippen molar-refractivity contribution in [1.82, 2.24) is 10.3 Å². The Kier molecular flexibility index (Phi) is 9.51. The van der Waals surface area contributed by atoms with Crippen molar-refractivity contribution < 1.29 is 31.8 Å². The van der Waals surface area contributed by atoms with E-state index in [0.29, 0.717) is 17.7 Å². The van der Waals surface area contributed by atoms with E-state index in [1.807, 2.05) is 18.2 Å². The number of nitriles is 1. The van der Waals surface area contributed by atoms with E-state index in [-0.39, 0.29) is 18.4 Å². The van der Waals surface area contributed by atoms with Crippen LogP contribution in [0.1, 0.15) is 48.9 Å². The number of pyridine rings is 1. The summed E-state index contributed by atoms with van der Waals surface area (Å²) in [5.41, 5.74) is -0.279. The van der Waals surface area contributed by atoms with Gasteiger partial charge in [0.1, 0.15) is 19.0 Å².